The fraction of sp³-hybridized carbons (Fsp3) is 0.417. The zero-order valence-electron chi connectivity index (χ0n) is 9.65. The first-order valence-electron chi connectivity index (χ1n) is 5.48. The van der Waals surface area contributed by atoms with E-state index in [0.717, 1.165) is 22.3 Å². The smallest absolute Gasteiger partial charge is 0.321 e. The van der Waals surface area contributed by atoms with Crippen LogP contribution in [0.4, 0.5) is 0 Å². The lowest BCUT2D eigenvalue weighted by Crippen LogP contribution is -2.39. The van der Waals surface area contributed by atoms with Crippen molar-refractivity contribution in [1.82, 2.24) is 5.32 Å². The Bertz CT molecular complexity index is 356. The molecule has 1 aromatic rings. The molecule has 17 heavy (non-hydrogen) atoms. The van der Waals surface area contributed by atoms with Gasteiger partial charge in [-0.1, -0.05) is 22.9 Å². The summed E-state index contributed by atoms with van der Waals surface area (Å²) in [5.41, 5.74) is 0. The molecule has 0 bridgehead atoms. The van der Waals surface area contributed by atoms with E-state index in [9.17, 15) is 4.79 Å². The molecule has 0 aliphatic heterocycles. The number of nitrogens with one attached hydrogen (secondary N) is 1. The molecule has 1 rings (SSSR count). The Kier molecular flexibility index (Phi) is 6.62. The van der Waals surface area contributed by atoms with Gasteiger partial charge in [0.15, 0.2) is 0 Å². The Morgan fingerprint density at radius 2 is 2.12 bits per heavy atom. The number of benzene rings is 1. The fourth-order valence-electron chi connectivity index (χ4n) is 1.25. The topological polar surface area (TPSA) is 49.3 Å². The number of aliphatic carboxylic acids is 1. The van der Waals surface area contributed by atoms with E-state index in [1.807, 2.05) is 31.2 Å². The summed E-state index contributed by atoms with van der Waals surface area (Å²) in [6.07, 6.45) is 0.937. The van der Waals surface area contributed by atoms with Gasteiger partial charge in [-0.05, 0) is 37.2 Å². The van der Waals surface area contributed by atoms with Crippen LogP contribution in [0.5, 0.6) is 0 Å². The number of rotatable bonds is 7. The Balaban J connectivity index is 2.45. The molecule has 0 aliphatic carbocycles. The van der Waals surface area contributed by atoms with Gasteiger partial charge in [0.25, 0.3) is 0 Å². The van der Waals surface area contributed by atoms with Gasteiger partial charge in [0, 0.05) is 15.1 Å². The molecule has 0 spiro atoms. The van der Waals surface area contributed by atoms with Crippen molar-refractivity contribution < 1.29 is 9.90 Å². The average molecular weight is 318 g/mol. The van der Waals surface area contributed by atoms with Crippen molar-refractivity contribution in [3.8, 4) is 0 Å². The first-order chi connectivity index (χ1) is 8.13. The van der Waals surface area contributed by atoms with E-state index < -0.39 is 12.0 Å². The van der Waals surface area contributed by atoms with Gasteiger partial charge in [-0.3, -0.25) is 4.79 Å². The van der Waals surface area contributed by atoms with Crippen molar-refractivity contribution in [3.05, 3.63) is 28.7 Å². The first kappa shape index (κ1) is 14.5. The lowest BCUT2D eigenvalue weighted by molar-refractivity contribution is -0.138. The first-order valence-corrected chi connectivity index (χ1v) is 7.26. The van der Waals surface area contributed by atoms with Crippen LogP contribution in [0.2, 0.25) is 0 Å². The highest BCUT2D eigenvalue weighted by atomic mass is 79.9. The standard InChI is InChI=1S/C12H16BrNO2S/c1-2-7-14-11(12(15)16)8-17-10-5-3-9(13)4-6-10/h3-6,11,14H,2,7-8H2,1H3,(H,15,16). The van der Waals surface area contributed by atoms with E-state index in [4.69, 9.17) is 5.11 Å². The summed E-state index contributed by atoms with van der Waals surface area (Å²) < 4.78 is 1.03. The summed E-state index contributed by atoms with van der Waals surface area (Å²) in [6.45, 7) is 2.76. The second-order valence-electron chi connectivity index (χ2n) is 3.61. The summed E-state index contributed by atoms with van der Waals surface area (Å²) >= 11 is 4.92. The Morgan fingerprint density at radius 3 is 2.65 bits per heavy atom. The van der Waals surface area contributed by atoms with Crippen LogP contribution in [0.15, 0.2) is 33.6 Å². The predicted octanol–water partition coefficient (Wildman–Crippen LogP) is 2.99. The van der Waals surface area contributed by atoms with Gasteiger partial charge in [-0.2, -0.15) is 0 Å². The summed E-state index contributed by atoms with van der Waals surface area (Å²) in [5, 5.41) is 12.1. The fourth-order valence-corrected chi connectivity index (χ4v) is 2.46. The van der Waals surface area contributed by atoms with Crippen LogP contribution >= 0.6 is 27.7 Å². The van der Waals surface area contributed by atoms with Gasteiger partial charge in [0.2, 0.25) is 0 Å². The Morgan fingerprint density at radius 1 is 1.47 bits per heavy atom. The van der Waals surface area contributed by atoms with Crippen molar-refractivity contribution in [1.29, 1.82) is 0 Å². The molecule has 0 aliphatic rings. The van der Waals surface area contributed by atoms with E-state index in [1.165, 1.54) is 0 Å². The molecular weight excluding hydrogens is 302 g/mol. The molecule has 1 atom stereocenters. The van der Waals surface area contributed by atoms with E-state index in [-0.39, 0.29) is 0 Å². The van der Waals surface area contributed by atoms with Crippen molar-refractivity contribution in [2.45, 2.75) is 24.3 Å². The molecule has 0 saturated heterocycles. The van der Waals surface area contributed by atoms with E-state index >= 15 is 0 Å². The lowest BCUT2D eigenvalue weighted by atomic mass is 10.3. The SMILES string of the molecule is CCCNC(CSc1ccc(Br)cc1)C(=O)O. The molecule has 1 unspecified atom stereocenters. The summed E-state index contributed by atoms with van der Waals surface area (Å²) in [6, 6.07) is 7.39. The lowest BCUT2D eigenvalue weighted by Gasteiger charge is -2.13. The minimum atomic E-state index is -0.789. The molecular formula is C12H16BrNO2S. The highest BCUT2D eigenvalue weighted by molar-refractivity contribution is 9.10. The summed E-state index contributed by atoms with van der Waals surface area (Å²) in [7, 11) is 0. The molecule has 0 heterocycles. The van der Waals surface area contributed by atoms with Gasteiger partial charge in [0.05, 0.1) is 0 Å². The van der Waals surface area contributed by atoms with Crippen LogP contribution in [-0.4, -0.2) is 29.4 Å². The van der Waals surface area contributed by atoms with Gasteiger partial charge < -0.3 is 10.4 Å². The maximum absolute atomic E-state index is 11.0. The van der Waals surface area contributed by atoms with Crippen molar-refractivity contribution >= 4 is 33.7 Å². The van der Waals surface area contributed by atoms with Crippen LogP contribution in [-0.2, 0) is 4.79 Å². The molecule has 0 aromatic heterocycles. The van der Waals surface area contributed by atoms with Crippen LogP contribution < -0.4 is 5.32 Å². The van der Waals surface area contributed by atoms with Crippen molar-refractivity contribution in [2.24, 2.45) is 0 Å². The number of hydrogen-bond donors (Lipinski definition) is 2. The molecule has 0 amide bonds. The predicted molar refractivity (Wildman–Crippen MR) is 74.6 cm³/mol. The number of hydrogen-bond acceptors (Lipinski definition) is 3. The molecule has 0 fully saturated rings. The summed E-state index contributed by atoms with van der Waals surface area (Å²) in [4.78, 5) is 12.1. The monoisotopic (exact) mass is 317 g/mol. The molecule has 0 radical (unpaired) electrons. The molecule has 94 valence electrons. The number of thioether (sulfide) groups is 1. The van der Waals surface area contributed by atoms with E-state index in [0.29, 0.717) is 5.75 Å². The van der Waals surface area contributed by atoms with Crippen LogP contribution in [0.25, 0.3) is 0 Å². The molecule has 2 N–H and O–H groups in total. The van der Waals surface area contributed by atoms with Crippen molar-refractivity contribution in [3.63, 3.8) is 0 Å². The molecule has 3 nitrogen and oxygen atoms in total. The zero-order valence-corrected chi connectivity index (χ0v) is 12.1. The summed E-state index contributed by atoms with van der Waals surface area (Å²) in [5.74, 6) is -0.250. The zero-order chi connectivity index (χ0) is 12.7. The van der Waals surface area contributed by atoms with Crippen molar-refractivity contribution in [2.75, 3.05) is 12.3 Å². The van der Waals surface area contributed by atoms with Gasteiger partial charge in [-0.15, -0.1) is 11.8 Å². The van der Waals surface area contributed by atoms with Gasteiger partial charge in [-0.25, -0.2) is 0 Å². The Hall–Kier alpha value is -0.520. The van der Waals surface area contributed by atoms with Crippen LogP contribution in [0.1, 0.15) is 13.3 Å². The maximum Gasteiger partial charge on any atom is 0.321 e. The molecule has 5 heteroatoms. The average Bonchev–Trinajstić information content (AvgIpc) is 2.31. The second-order valence-corrected chi connectivity index (χ2v) is 5.62. The van der Waals surface area contributed by atoms with Gasteiger partial charge >= 0.3 is 5.97 Å². The van der Waals surface area contributed by atoms with E-state index in [1.54, 1.807) is 11.8 Å². The third-order valence-corrected chi connectivity index (χ3v) is 3.80. The second kappa shape index (κ2) is 7.74. The third-order valence-electron chi connectivity index (χ3n) is 2.17. The van der Waals surface area contributed by atoms with Crippen LogP contribution in [0.3, 0.4) is 0 Å². The van der Waals surface area contributed by atoms with E-state index in [2.05, 4.69) is 21.2 Å². The normalized spacial score (nSPS) is 12.4. The highest BCUT2D eigenvalue weighted by Crippen LogP contribution is 2.21. The maximum atomic E-state index is 11.0. The minimum Gasteiger partial charge on any atom is -0.480 e. The molecule has 1 aromatic carbocycles. The Labute approximate surface area is 114 Å². The van der Waals surface area contributed by atoms with Gasteiger partial charge in [0.1, 0.15) is 6.04 Å². The number of halogens is 1. The quantitative estimate of drug-likeness (QED) is 0.759. The minimum absolute atomic E-state index is 0.483. The number of carbonyl (C=O) groups is 1. The van der Waals surface area contributed by atoms with Crippen LogP contribution in [0, 0.1) is 0 Å². The largest absolute Gasteiger partial charge is 0.480 e. The third kappa shape index (κ3) is 5.57. The highest BCUT2D eigenvalue weighted by Gasteiger charge is 2.16. The molecule has 0 saturated carbocycles. The number of carboxylic acid groups (broad SMARTS) is 1. The number of carboxylic acids is 1.